The van der Waals surface area contributed by atoms with Crippen LogP contribution in [0.3, 0.4) is 0 Å². The fourth-order valence-electron chi connectivity index (χ4n) is 10.6. The summed E-state index contributed by atoms with van der Waals surface area (Å²) in [7, 11) is 0. The first kappa shape index (κ1) is 54.0. The summed E-state index contributed by atoms with van der Waals surface area (Å²) in [6, 6.07) is 15.4. The van der Waals surface area contributed by atoms with Gasteiger partial charge in [0, 0.05) is 81.1 Å². The minimum Gasteiger partial charge on any atom is -0.489 e. The molecule has 386 valence electrons. The fourth-order valence-corrected chi connectivity index (χ4v) is 11.6. The van der Waals surface area contributed by atoms with Gasteiger partial charge in [-0.25, -0.2) is 18.7 Å². The zero-order chi connectivity index (χ0) is 52.5. The lowest BCUT2D eigenvalue weighted by molar-refractivity contribution is -0.164. The second kappa shape index (κ2) is 21.4. The van der Waals surface area contributed by atoms with Gasteiger partial charge in [-0.05, 0) is 54.7 Å². The number of halogens is 3. The maximum Gasteiger partial charge on any atom is 0.261 e. The van der Waals surface area contributed by atoms with E-state index in [2.05, 4.69) is 25.9 Å². The summed E-state index contributed by atoms with van der Waals surface area (Å²) in [6.45, 7) is 17.9. The Bertz CT molecular complexity index is 2650. The summed E-state index contributed by atoms with van der Waals surface area (Å²) in [5, 5.41) is 29.0. The molecular weight excluding hydrogens is 964 g/mol. The van der Waals surface area contributed by atoms with Crippen LogP contribution >= 0.6 is 22.9 Å². The quantitative estimate of drug-likeness (QED) is 0.0866. The average Bonchev–Trinajstić information content (AvgIpc) is 3.95. The number of carbonyl (C=O) groups excluding carboxylic acids is 4. The molecule has 0 unspecified atom stereocenters. The predicted molar refractivity (Wildman–Crippen MR) is 273 cm³/mol. The van der Waals surface area contributed by atoms with Crippen molar-refractivity contribution < 1.29 is 37.8 Å². The molecule has 0 bridgehead atoms. The molecule has 0 spiro atoms. The maximum atomic E-state index is 15.5. The molecule has 72 heavy (non-hydrogen) atoms. The molecule has 15 nitrogen and oxygen atoms in total. The Labute approximate surface area is 429 Å². The number of aryl methyl sites for hydroxylation is 1. The lowest BCUT2D eigenvalue weighted by Crippen LogP contribution is -2.74. The number of hydrogen-bond acceptors (Lipinski definition) is 12. The molecule has 2 aromatic carbocycles. The van der Waals surface area contributed by atoms with Crippen LogP contribution in [0.25, 0.3) is 10.4 Å². The molecule has 1 saturated carbocycles. The number of benzene rings is 2. The maximum absolute atomic E-state index is 15.5. The Morgan fingerprint density at radius 3 is 2.25 bits per heavy atom. The monoisotopic (exact) mass is 1030 g/mol. The number of carbonyl (C=O) groups is 4. The topological polar surface area (TPSA) is 193 Å². The molecule has 4 N–H and O–H groups in total. The Kier molecular flexibility index (Phi) is 16.1. The molecule has 3 fully saturated rings. The number of thiazole rings is 1. The van der Waals surface area contributed by atoms with Gasteiger partial charge in [-0.1, -0.05) is 84.3 Å². The third-order valence-electron chi connectivity index (χ3n) is 14.4. The number of nitrogens with zero attached hydrogens (tertiary/aromatic N) is 6. The highest BCUT2D eigenvalue weighted by Gasteiger charge is 2.64. The van der Waals surface area contributed by atoms with E-state index in [0.29, 0.717) is 53.9 Å². The second-order valence-corrected chi connectivity index (χ2v) is 23.0. The van der Waals surface area contributed by atoms with Crippen molar-refractivity contribution in [2.45, 2.75) is 124 Å². The summed E-state index contributed by atoms with van der Waals surface area (Å²) in [5.41, 5.74) is 3.57. The standard InChI is InChI=1S/C53H66ClF2N9O6S/c1-31(33-10-12-34(13-11-33)43-32(2)59-30-72-43)60-46(69)40-24-37(66)28-65(40)47(70)44(50(3,4)5)61-42(67)18-19-53(55,56)29-63-20-22-64(23-21-63)41-17-15-36(27-58-41)45(68)62-48-51(6,7)49(52(48,8)9)71-38-16-14-35(26-57)39(54)25-38/h10-17,25,27,30-31,37,40,44,48-49,66H,18-24,28-29H2,1-9H3,(H,60,69)(H,61,67)(H,62,68)/t31-,37+,40-,44+,48-,49-/m0/s1. The van der Waals surface area contributed by atoms with E-state index in [-0.39, 0.29) is 31.0 Å². The van der Waals surface area contributed by atoms with Gasteiger partial charge < -0.3 is 35.6 Å². The van der Waals surface area contributed by atoms with E-state index in [1.165, 1.54) is 11.1 Å². The second-order valence-electron chi connectivity index (χ2n) is 21.7. The molecule has 2 aromatic heterocycles. The zero-order valence-electron chi connectivity index (χ0n) is 42.4. The van der Waals surface area contributed by atoms with E-state index in [1.807, 2.05) is 76.8 Å². The number of aromatic nitrogens is 2. The lowest BCUT2D eigenvalue weighted by atomic mass is 9.49. The van der Waals surface area contributed by atoms with Gasteiger partial charge in [0.2, 0.25) is 17.7 Å². The van der Waals surface area contributed by atoms with E-state index in [9.17, 15) is 29.5 Å². The van der Waals surface area contributed by atoms with Crippen LogP contribution in [0.15, 0.2) is 66.3 Å². The van der Waals surface area contributed by atoms with Gasteiger partial charge in [0.05, 0.1) is 50.9 Å². The molecule has 4 amide bonds. The van der Waals surface area contributed by atoms with Gasteiger partial charge in [0.1, 0.15) is 35.8 Å². The van der Waals surface area contributed by atoms with E-state index in [0.717, 1.165) is 21.7 Å². The number of hydrogen-bond donors (Lipinski definition) is 4. The van der Waals surface area contributed by atoms with Crippen LogP contribution in [0.1, 0.15) is 108 Å². The van der Waals surface area contributed by atoms with Crippen LogP contribution in [0.2, 0.25) is 5.02 Å². The van der Waals surface area contributed by atoms with Crippen molar-refractivity contribution in [2.24, 2.45) is 16.2 Å². The lowest BCUT2D eigenvalue weighted by Gasteiger charge is -2.63. The fraction of sp³-hybridized carbons (Fsp3) is 0.528. The Morgan fingerprint density at radius 2 is 1.67 bits per heavy atom. The first-order chi connectivity index (χ1) is 33.8. The third-order valence-corrected chi connectivity index (χ3v) is 15.7. The van der Waals surface area contributed by atoms with E-state index < -0.39 is 83.5 Å². The van der Waals surface area contributed by atoms with Crippen molar-refractivity contribution in [1.29, 1.82) is 5.26 Å². The number of β-amino-alcohol motifs (C(OH)–C–C–N with tert-alkyl or cyclic N) is 1. The van der Waals surface area contributed by atoms with Gasteiger partial charge in [-0.2, -0.15) is 5.26 Å². The van der Waals surface area contributed by atoms with Crippen LogP contribution in [-0.4, -0.2) is 124 Å². The molecular formula is C53H66ClF2N9O6S. The van der Waals surface area contributed by atoms with Gasteiger partial charge in [-0.3, -0.25) is 24.1 Å². The molecule has 4 atom stereocenters. The van der Waals surface area contributed by atoms with Gasteiger partial charge in [0.15, 0.2) is 0 Å². The molecule has 3 aliphatic rings. The molecule has 7 rings (SSSR count). The third kappa shape index (κ3) is 12.0. The molecule has 1 aliphatic carbocycles. The Balaban J connectivity index is 0.862. The van der Waals surface area contributed by atoms with Crippen LogP contribution in [0.5, 0.6) is 5.75 Å². The van der Waals surface area contributed by atoms with Gasteiger partial charge in [0.25, 0.3) is 11.8 Å². The Hall–Kier alpha value is -5.74. The van der Waals surface area contributed by atoms with Crippen molar-refractivity contribution >= 4 is 52.4 Å². The number of nitrogens with one attached hydrogen (secondary N) is 3. The van der Waals surface area contributed by atoms with E-state index in [1.54, 1.807) is 72.9 Å². The highest BCUT2D eigenvalue weighted by atomic mass is 35.5. The number of nitriles is 1. The van der Waals surface area contributed by atoms with Crippen molar-refractivity contribution in [1.82, 2.24) is 35.7 Å². The number of aliphatic hydroxyl groups is 1. The summed E-state index contributed by atoms with van der Waals surface area (Å²) in [5.74, 6) is -4.07. The van der Waals surface area contributed by atoms with Crippen molar-refractivity contribution in [3.8, 4) is 22.3 Å². The highest BCUT2D eigenvalue weighted by molar-refractivity contribution is 7.13. The number of aliphatic hydroxyl groups excluding tert-OH is 1. The molecule has 4 aromatic rings. The van der Waals surface area contributed by atoms with Crippen molar-refractivity contribution in [3.05, 3.63) is 93.7 Å². The van der Waals surface area contributed by atoms with Crippen LogP contribution in [-0.2, 0) is 14.4 Å². The SMILES string of the molecule is Cc1ncsc1-c1ccc([C@H](C)NC(=O)[C@@H]2C[C@@H](O)CN2C(=O)[C@@H](NC(=O)CCC(F)(F)CN2CCN(c3ccc(C(=O)N[C@H]4C(C)(C)[C@H](Oc5ccc(C#N)c(Cl)c5)C4(C)C)cn3)CC2)C(C)(C)C)cc1. The van der Waals surface area contributed by atoms with Crippen LogP contribution in [0, 0.1) is 34.5 Å². The average molecular weight is 1030 g/mol. The van der Waals surface area contributed by atoms with Gasteiger partial charge >= 0.3 is 0 Å². The largest absolute Gasteiger partial charge is 0.489 e. The zero-order valence-corrected chi connectivity index (χ0v) is 44.0. The first-order valence-corrected chi connectivity index (χ1v) is 25.6. The number of pyridine rings is 1. The van der Waals surface area contributed by atoms with Crippen molar-refractivity contribution in [2.75, 3.05) is 44.2 Å². The number of likely N-dealkylation sites (tertiary alicyclic amines) is 1. The smallest absolute Gasteiger partial charge is 0.261 e. The summed E-state index contributed by atoms with van der Waals surface area (Å²) >= 11 is 7.79. The van der Waals surface area contributed by atoms with Gasteiger partial charge in [-0.15, -0.1) is 11.3 Å². The molecule has 2 saturated heterocycles. The summed E-state index contributed by atoms with van der Waals surface area (Å²) in [6.07, 6.45) is -0.968. The van der Waals surface area contributed by atoms with Crippen LogP contribution < -0.4 is 25.6 Å². The first-order valence-electron chi connectivity index (χ1n) is 24.4. The molecule has 0 radical (unpaired) electrons. The number of amides is 4. The number of ether oxygens (including phenoxy) is 1. The Morgan fingerprint density at radius 1 is 0.986 bits per heavy atom. The molecule has 2 aliphatic heterocycles. The molecule has 19 heteroatoms. The summed E-state index contributed by atoms with van der Waals surface area (Å²) < 4.78 is 37.4. The summed E-state index contributed by atoms with van der Waals surface area (Å²) in [4.78, 5) is 69.5. The number of anilines is 1. The predicted octanol–water partition coefficient (Wildman–Crippen LogP) is 7.56. The normalized spacial score (nSPS) is 21.7. The van der Waals surface area contributed by atoms with E-state index >= 15 is 8.78 Å². The van der Waals surface area contributed by atoms with Crippen LogP contribution in [0.4, 0.5) is 14.6 Å². The number of rotatable bonds is 16. The van der Waals surface area contributed by atoms with E-state index in [4.69, 9.17) is 16.3 Å². The highest BCUT2D eigenvalue weighted by Crippen LogP contribution is 2.55. The minimum absolute atomic E-state index is 0.0118. The number of piperazine rings is 1. The number of alkyl halides is 2. The minimum atomic E-state index is -3.21. The molecule has 4 heterocycles. The van der Waals surface area contributed by atoms with Crippen molar-refractivity contribution in [3.63, 3.8) is 0 Å².